The van der Waals surface area contributed by atoms with Gasteiger partial charge in [-0.2, -0.15) is 0 Å². The van der Waals surface area contributed by atoms with Crippen LogP contribution in [0.3, 0.4) is 0 Å². The van der Waals surface area contributed by atoms with Crippen molar-refractivity contribution < 1.29 is 13.9 Å². The third-order valence-corrected chi connectivity index (χ3v) is 5.02. The van der Waals surface area contributed by atoms with E-state index >= 15 is 0 Å². The quantitative estimate of drug-likeness (QED) is 0.239. The zero-order valence-corrected chi connectivity index (χ0v) is 18.7. The molecule has 7 nitrogen and oxygen atoms in total. The van der Waals surface area contributed by atoms with E-state index in [0.717, 1.165) is 11.1 Å². The number of amides is 1. The molecule has 0 fully saturated rings. The minimum atomic E-state index is -0.701. The van der Waals surface area contributed by atoms with Crippen LogP contribution in [0.2, 0.25) is 5.02 Å². The molecule has 0 unspecified atom stereocenters. The van der Waals surface area contributed by atoms with Crippen LogP contribution >= 0.6 is 11.6 Å². The Kier molecular flexibility index (Phi) is 8.80. The van der Waals surface area contributed by atoms with Crippen LogP contribution in [0.5, 0.6) is 0 Å². The molecular weight excluding hydrogens is 433 g/mol. The maximum atomic E-state index is 14.7. The summed E-state index contributed by atoms with van der Waals surface area (Å²) in [5.41, 5.74) is 20.0. The van der Waals surface area contributed by atoms with Crippen LogP contribution in [-0.4, -0.2) is 43.6 Å². The number of carbonyl (C=O) groups is 1. The fourth-order valence-corrected chi connectivity index (χ4v) is 3.34. The molecule has 1 aliphatic heterocycles. The van der Waals surface area contributed by atoms with Gasteiger partial charge >= 0.3 is 0 Å². The van der Waals surface area contributed by atoms with Crippen LogP contribution in [0.4, 0.5) is 4.39 Å². The molecule has 9 heteroatoms. The minimum Gasteiger partial charge on any atom is -0.469 e. The van der Waals surface area contributed by atoms with Crippen LogP contribution < -0.4 is 17.2 Å². The number of halogens is 2. The average Bonchev–Trinajstić information content (AvgIpc) is 2.72. The number of aliphatic imine (C=N–C) groups is 1. The summed E-state index contributed by atoms with van der Waals surface area (Å²) in [7, 11) is 1.43. The number of nitrogens with zero attached hydrogens (tertiary/aromatic N) is 2. The smallest absolute Gasteiger partial charge is 0.286 e. The van der Waals surface area contributed by atoms with E-state index in [1.165, 1.54) is 25.5 Å². The number of amidine groups is 1. The topological polar surface area (TPSA) is 120 Å². The molecule has 2 rings (SSSR count). The molecule has 6 N–H and O–H groups in total. The second kappa shape index (κ2) is 11.3. The van der Waals surface area contributed by atoms with Gasteiger partial charge < -0.3 is 21.9 Å². The Balaban J connectivity index is 2.28. The first kappa shape index (κ1) is 24.9. The molecule has 0 aromatic heterocycles. The van der Waals surface area contributed by atoms with E-state index in [-0.39, 0.29) is 22.2 Å². The number of rotatable bonds is 8. The molecule has 0 spiro atoms. The summed E-state index contributed by atoms with van der Waals surface area (Å²) >= 11 is 5.89. The fourth-order valence-electron chi connectivity index (χ4n) is 3.18. The number of hydrogen-bond donors (Lipinski definition) is 3. The van der Waals surface area contributed by atoms with Gasteiger partial charge in [-0.25, -0.2) is 9.38 Å². The summed E-state index contributed by atoms with van der Waals surface area (Å²) in [6, 6.07) is 4.37. The molecule has 0 aliphatic carbocycles. The molecule has 0 saturated heterocycles. The van der Waals surface area contributed by atoms with Crippen molar-refractivity contribution in [3.63, 3.8) is 0 Å². The molecule has 32 heavy (non-hydrogen) atoms. The van der Waals surface area contributed by atoms with Crippen molar-refractivity contribution in [2.24, 2.45) is 22.2 Å². The van der Waals surface area contributed by atoms with Crippen molar-refractivity contribution in [3.8, 4) is 0 Å². The summed E-state index contributed by atoms with van der Waals surface area (Å²) in [6.07, 6.45) is 5.23. The Morgan fingerprint density at radius 2 is 2.09 bits per heavy atom. The van der Waals surface area contributed by atoms with Gasteiger partial charge in [0, 0.05) is 47.7 Å². The zero-order chi connectivity index (χ0) is 23.8. The van der Waals surface area contributed by atoms with E-state index in [1.54, 1.807) is 18.2 Å². The second-order valence-corrected chi connectivity index (χ2v) is 7.62. The van der Waals surface area contributed by atoms with Gasteiger partial charge in [0.1, 0.15) is 5.82 Å². The van der Waals surface area contributed by atoms with Gasteiger partial charge in [0.15, 0.2) is 0 Å². The maximum Gasteiger partial charge on any atom is 0.286 e. The molecule has 0 radical (unpaired) electrons. The van der Waals surface area contributed by atoms with Gasteiger partial charge in [0.25, 0.3) is 6.02 Å². The van der Waals surface area contributed by atoms with Gasteiger partial charge in [0.05, 0.1) is 7.11 Å². The lowest BCUT2D eigenvalue weighted by atomic mass is 9.89. The molecule has 1 aromatic carbocycles. The summed E-state index contributed by atoms with van der Waals surface area (Å²) in [5, 5.41) is 0.263. The monoisotopic (exact) mass is 459 g/mol. The van der Waals surface area contributed by atoms with E-state index in [0.29, 0.717) is 37.3 Å². The van der Waals surface area contributed by atoms with E-state index < -0.39 is 11.7 Å². The van der Waals surface area contributed by atoms with Gasteiger partial charge in [-0.15, -0.1) is 0 Å². The highest BCUT2D eigenvalue weighted by Crippen LogP contribution is 2.33. The highest BCUT2D eigenvalue weighted by Gasteiger charge is 2.23. The summed E-state index contributed by atoms with van der Waals surface area (Å²) in [6.45, 7) is 9.29. The molecule has 1 heterocycles. The van der Waals surface area contributed by atoms with Gasteiger partial charge in [-0.3, -0.25) is 9.69 Å². The van der Waals surface area contributed by atoms with Crippen molar-refractivity contribution in [2.45, 2.75) is 6.42 Å². The fraction of sp³-hybridized carbons (Fsp3) is 0.217. The molecule has 0 saturated carbocycles. The second-order valence-electron chi connectivity index (χ2n) is 7.18. The largest absolute Gasteiger partial charge is 0.469 e. The number of primary amides is 1. The highest BCUT2D eigenvalue weighted by atomic mass is 35.5. The number of methoxy groups -OCH3 is 1. The van der Waals surface area contributed by atoms with Gasteiger partial charge in [-0.05, 0) is 53.5 Å². The standard InChI is InChI=1S/C23H27ClFN5O2/c1-14(6-8-29-23(28)32-3)12-30-9-7-18(21(26)13-30)19(10-15(2)22(27)31)17-5-4-16(24)11-20(17)25/h4-6,8,10-11H,1-2,7,9,12-13,26H2,3H3,(H2,27,31)(H2,28,29)/b8-6-,19-10-. The Morgan fingerprint density at radius 3 is 2.69 bits per heavy atom. The maximum absolute atomic E-state index is 14.7. The Bertz CT molecular complexity index is 1040. The van der Waals surface area contributed by atoms with Crippen molar-refractivity contribution >= 4 is 29.1 Å². The van der Waals surface area contributed by atoms with Crippen LogP contribution in [0, 0.1) is 5.82 Å². The summed E-state index contributed by atoms with van der Waals surface area (Å²) < 4.78 is 19.5. The Morgan fingerprint density at radius 1 is 1.38 bits per heavy atom. The number of hydrogen-bond acceptors (Lipinski definition) is 5. The highest BCUT2D eigenvalue weighted by molar-refractivity contribution is 6.30. The molecule has 170 valence electrons. The van der Waals surface area contributed by atoms with Gasteiger partial charge in [-0.1, -0.05) is 24.8 Å². The number of allylic oxidation sites excluding steroid dienone is 1. The normalized spacial score (nSPS) is 15.8. The van der Waals surface area contributed by atoms with E-state index in [2.05, 4.69) is 23.1 Å². The average molecular weight is 460 g/mol. The van der Waals surface area contributed by atoms with Crippen molar-refractivity contribution in [1.82, 2.24) is 4.90 Å². The first-order chi connectivity index (χ1) is 15.1. The van der Waals surface area contributed by atoms with E-state index in [9.17, 15) is 9.18 Å². The lowest BCUT2D eigenvalue weighted by molar-refractivity contribution is -0.114. The summed E-state index contributed by atoms with van der Waals surface area (Å²) in [5.74, 6) is -1.23. The number of nitrogens with two attached hydrogens (primary N) is 3. The first-order valence-electron chi connectivity index (χ1n) is 9.70. The van der Waals surface area contributed by atoms with Crippen LogP contribution in [0.15, 0.2) is 77.1 Å². The van der Waals surface area contributed by atoms with Crippen molar-refractivity contribution in [2.75, 3.05) is 26.7 Å². The van der Waals surface area contributed by atoms with Crippen LogP contribution in [-0.2, 0) is 9.53 Å². The number of benzene rings is 1. The number of ether oxygens (including phenoxy) is 1. The van der Waals surface area contributed by atoms with E-state index in [1.807, 2.05) is 0 Å². The van der Waals surface area contributed by atoms with Crippen LogP contribution in [0.1, 0.15) is 12.0 Å². The first-order valence-corrected chi connectivity index (χ1v) is 10.1. The third kappa shape index (κ3) is 6.83. The lowest BCUT2D eigenvalue weighted by Gasteiger charge is -2.30. The van der Waals surface area contributed by atoms with Crippen LogP contribution in [0.25, 0.3) is 5.57 Å². The number of carbonyl (C=O) groups excluding carboxylic acids is 1. The van der Waals surface area contributed by atoms with Crippen molar-refractivity contribution in [3.05, 3.63) is 88.5 Å². The van der Waals surface area contributed by atoms with Gasteiger partial charge in [0.2, 0.25) is 5.91 Å². The lowest BCUT2D eigenvalue weighted by Crippen LogP contribution is -2.35. The van der Waals surface area contributed by atoms with Crippen molar-refractivity contribution in [1.29, 1.82) is 0 Å². The molecule has 0 atom stereocenters. The Hall–Kier alpha value is -3.36. The molecule has 1 aromatic rings. The zero-order valence-electron chi connectivity index (χ0n) is 17.9. The Labute approximate surface area is 192 Å². The molecular formula is C23H27ClFN5O2. The third-order valence-electron chi connectivity index (χ3n) is 4.79. The molecule has 0 bridgehead atoms. The molecule has 1 aliphatic rings. The SMILES string of the molecule is C=C(/C=C\N=C(N)OC)CN1CCC(/C(=C\C(=C)C(N)=O)c2ccc(Cl)cc2F)=C(N)C1. The van der Waals surface area contributed by atoms with E-state index in [4.69, 9.17) is 33.5 Å². The predicted molar refractivity (Wildman–Crippen MR) is 127 cm³/mol. The minimum absolute atomic E-state index is 0.0477. The predicted octanol–water partition coefficient (Wildman–Crippen LogP) is 2.85. The summed E-state index contributed by atoms with van der Waals surface area (Å²) in [4.78, 5) is 17.5. The molecule has 1 amide bonds.